The lowest BCUT2D eigenvalue weighted by molar-refractivity contribution is -0.131. The van der Waals surface area contributed by atoms with Gasteiger partial charge in [-0.25, -0.2) is 4.98 Å². The average Bonchev–Trinajstić information content (AvgIpc) is 3.06. The number of rotatable bonds is 11. The maximum atomic E-state index is 12.7. The second-order valence-corrected chi connectivity index (χ2v) is 9.79. The second kappa shape index (κ2) is 10.8. The van der Waals surface area contributed by atoms with Crippen LogP contribution in [-0.2, 0) is 16.0 Å². The molecule has 29 heavy (non-hydrogen) atoms. The minimum atomic E-state index is -0.409. The summed E-state index contributed by atoms with van der Waals surface area (Å²) in [4.78, 5) is 30.1. The van der Waals surface area contributed by atoms with Gasteiger partial charge in [-0.3, -0.25) is 9.59 Å². The summed E-state index contributed by atoms with van der Waals surface area (Å²) in [7, 11) is 0. The van der Waals surface area contributed by atoms with Crippen molar-refractivity contribution in [1.82, 2.24) is 10.3 Å². The van der Waals surface area contributed by atoms with Crippen LogP contribution in [0.15, 0.2) is 18.2 Å². The monoisotopic (exact) mass is 417 g/mol. The molecule has 2 aromatic rings. The first kappa shape index (κ1) is 23.5. The molecule has 1 aromatic carbocycles. The number of carbonyl (C=O) groups is 2. The number of ketones is 1. The van der Waals surface area contributed by atoms with Crippen molar-refractivity contribution < 1.29 is 9.59 Å². The van der Waals surface area contributed by atoms with Crippen LogP contribution in [-0.4, -0.2) is 29.8 Å². The number of fused-ring (bicyclic) bond motifs is 1. The Morgan fingerprint density at radius 1 is 1.17 bits per heavy atom. The molecule has 0 bridgehead atoms. The molecule has 0 aliphatic rings. The molecule has 5 nitrogen and oxygen atoms in total. The van der Waals surface area contributed by atoms with Gasteiger partial charge >= 0.3 is 0 Å². The van der Waals surface area contributed by atoms with Gasteiger partial charge in [0.15, 0.2) is 0 Å². The number of nitrogens with zero attached hydrogens (tertiary/aromatic N) is 1. The minimum Gasteiger partial charge on any atom is -0.355 e. The standard InChI is InChI=1S/C23H35N3O2S/c1-14(2)10-16(5)20(27)11-18(23(28)25-9-8-24)13-22-26-19-7-6-17(15(3)4)12-21(19)29-22/h6-7,12,14-16,18H,8-11,13,24H2,1-5H3,(H,25,28)/t16?,18-/m0/s1. The molecule has 0 fully saturated rings. The van der Waals surface area contributed by atoms with Gasteiger partial charge in [0, 0.05) is 31.8 Å². The van der Waals surface area contributed by atoms with Crippen LogP contribution in [0.4, 0.5) is 0 Å². The third kappa shape index (κ3) is 6.89. The summed E-state index contributed by atoms with van der Waals surface area (Å²) in [5, 5.41) is 3.76. The van der Waals surface area contributed by atoms with Crippen LogP contribution in [0.3, 0.4) is 0 Å². The van der Waals surface area contributed by atoms with Crippen molar-refractivity contribution in [3.63, 3.8) is 0 Å². The zero-order valence-electron chi connectivity index (χ0n) is 18.3. The van der Waals surface area contributed by atoms with Crippen LogP contribution in [0.1, 0.15) is 63.9 Å². The van der Waals surface area contributed by atoms with Gasteiger partial charge in [0.1, 0.15) is 5.78 Å². The van der Waals surface area contributed by atoms with Gasteiger partial charge in [0.25, 0.3) is 0 Å². The molecule has 1 aromatic heterocycles. The van der Waals surface area contributed by atoms with Crippen molar-refractivity contribution in [2.45, 2.75) is 59.8 Å². The molecule has 1 unspecified atom stereocenters. The van der Waals surface area contributed by atoms with Gasteiger partial charge in [-0.05, 0) is 36.0 Å². The number of hydrogen-bond donors (Lipinski definition) is 2. The average molecular weight is 418 g/mol. The molecule has 0 saturated heterocycles. The molecule has 1 amide bonds. The van der Waals surface area contributed by atoms with E-state index in [0.717, 1.165) is 21.6 Å². The van der Waals surface area contributed by atoms with E-state index in [-0.39, 0.29) is 24.0 Å². The van der Waals surface area contributed by atoms with Crippen molar-refractivity contribution in [2.24, 2.45) is 23.5 Å². The van der Waals surface area contributed by atoms with E-state index in [4.69, 9.17) is 10.7 Å². The van der Waals surface area contributed by atoms with Gasteiger partial charge in [-0.1, -0.05) is 40.7 Å². The number of aromatic nitrogens is 1. The largest absolute Gasteiger partial charge is 0.355 e. The molecule has 160 valence electrons. The fourth-order valence-corrected chi connectivity index (χ4v) is 4.62. The molecule has 2 rings (SSSR count). The number of nitrogens with one attached hydrogen (secondary N) is 1. The molecule has 0 aliphatic carbocycles. The molecular weight excluding hydrogens is 382 g/mol. The van der Waals surface area contributed by atoms with Crippen LogP contribution < -0.4 is 11.1 Å². The molecule has 6 heteroatoms. The molecule has 0 radical (unpaired) electrons. The first-order valence-electron chi connectivity index (χ1n) is 10.6. The van der Waals surface area contributed by atoms with Crippen LogP contribution in [0.2, 0.25) is 0 Å². The number of hydrogen-bond acceptors (Lipinski definition) is 5. The van der Waals surface area contributed by atoms with Crippen molar-refractivity contribution in [2.75, 3.05) is 13.1 Å². The number of benzene rings is 1. The molecule has 0 aliphatic heterocycles. The molecular formula is C23H35N3O2S. The summed E-state index contributed by atoms with van der Waals surface area (Å²) in [6.07, 6.45) is 1.57. The highest BCUT2D eigenvalue weighted by molar-refractivity contribution is 7.18. The summed E-state index contributed by atoms with van der Waals surface area (Å²) < 4.78 is 1.13. The van der Waals surface area contributed by atoms with E-state index >= 15 is 0 Å². The van der Waals surface area contributed by atoms with Crippen LogP contribution in [0.5, 0.6) is 0 Å². The zero-order chi connectivity index (χ0) is 21.6. The summed E-state index contributed by atoms with van der Waals surface area (Å²) in [6.45, 7) is 11.3. The van der Waals surface area contributed by atoms with E-state index in [1.807, 2.05) is 13.0 Å². The third-order valence-electron chi connectivity index (χ3n) is 5.18. The molecule has 0 spiro atoms. The van der Waals surface area contributed by atoms with Gasteiger partial charge < -0.3 is 11.1 Å². The lowest BCUT2D eigenvalue weighted by atomic mass is 9.88. The third-order valence-corrected chi connectivity index (χ3v) is 6.22. The van der Waals surface area contributed by atoms with Gasteiger partial charge in [0.05, 0.1) is 21.1 Å². The number of amides is 1. The van der Waals surface area contributed by atoms with E-state index < -0.39 is 5.92 Å². The number of carbonyl (C=O) groups excluding carboxylic acids is 2. The highest BCUT2D eigenvalue weighted by Gasteiger charge is 2.26. The summed E-state index contributed by atoms with van der Waals surface area (Å²) in [5.74, 6) is 0.507. The lowest BCUT2D eigenvalue weighted by Crippen LogP contribution is -2.37. The fourth-order valence-electron chi connectivity index (χ4n) is 3.53. The zero-order valence-corrected chi connectivity index (χ0v) is 19.1. The highest BCUT2D eigenvalue weighted by Crippen LogP contribution is 2.28. The predicted octanol–water partition coefficient (Wildman–Crippen LogP) is 4.29. The summed E-state index contributed by atoms with van der Waals surface area (Å²) in [5.41, 5.74) is 7.77. The Labute approximate surface area is 178 Å². The van der Waals surface area contributed by atoms with E-state index in [9.17, 15) is 9.59 Å². The summed E-state index contributed by atoms with van der Waals surface area (Å²) >= 11 is 1.62. The van der Waals surface area contributed by atoms with Crippen LogP contribution >= 0.6 is 11.3 Å². The molecule has 1 heterocycles. The Bertz CT molecular complexity index is 829. The predicted molar refractivity (Wildman–Crippen MR) is 121 cm³/mol. The van der Waals surface area contributed by atoms with E-state index in [2.05, 4.69) is 45.1 Å². The molecule has 0 saturated carbocycles. The smallest absolute Gasteiger partial charge is 0.224 e. The minimum absolute atomic E-state index is 0.0382. The maximum absolute atomic E-state index is 12.7. The van der Waals surface area contributed by atoms with Crippen molar-refractivity contribution in [1.29, 1.82) is 0 Å². The van der Waals surface area contributed by atoms with E-state index in [1.165, 1.54) is 5.56 Å². The summed E-state index contributed by atoms with van der Waals surface area (Å²) in [6, 6.07) is 6.34. The number of thiazole rings is 1. The number of nitrogens with two attached hydrogens (primary N) is 1. The Morgan fingerprint density at radius 2 is 1.90 bits per heavy atom. The number of Topliss-reactive ketones (excluding diaryl/α,β-unsaturated/α-hetero) is 1. The Kier molecular flexibility index (Phi) is 8.78. The molecule has 3 N–H and O–H groups in total. The van der Waals surface area contributed by atoms with Gasteiger partial charge in [-0.15, -0.1) is 11.3 Å². The lowest BCUT2D eigenvalue weighted by Gasteiger charge is -2.18. The fraction of sp³-hybridized carbons (Fsp3) is 0.609. The first-order valence-corrected chi connectivity index (χ1v) is 11.4. The maximum Gasteiger partial charge on any atom is 0.224 e. The Hall–Kier alpha value is -1.79. The Balaban J connectivity index is 2.19. The van der Waals surface area contributed by atoms with Crippen LogP contribution in [0, 0.1) is 17.8 Å². The Morgan fingerprint density at radius 3 is 2.52 bits per heavy atom. The van der Waals surface area contributed by atoms with Crippen molar-refractivity contribution in [3.05, 3.63) is 28.8 Å². The van der Waals surface area contributed by atoms with Crippen LogP contribution in [0.25, 0.3) is 10.2 Å². The first-order chi connectivity index (χ1) is 13.7. The van der Waals surface area contributed by atoms with Crippen molar-refractivity contribution >= 4 is 33.2 Å². The SMILES string of the molecule is CC(C)CC(C)C(=O)C[C@@H](Cc1nc2ccc(C(C)C)cc2s1)C(=O)NCCN. The van der Waals surface area contributed by atoms with Gasteiger partial charge in [0.2, 0.25) is 5.91 Å². The topological polar surface area (TPSA) is 85.1 Å². The van der Waals surface area contributed by atoms with E-state index in [0.29, 0.717) is 31.3 Å². The van der Waals surface area contributed by atoms with E-state index in [1.54, 1.807) is 11.3 Å². The normalized spacial score (nSPS) is 13.8. The van der Waals surface area contributed by atoms with Crippen molar-refractivity contribution in [3.8, 4) is 0 Å². The second-order valence-electron chi connectivity index (χ2n) is 8.67. The highest BCUT2D eigenvalue weighted by atomic mass is 32.1. The molecule has 2 atom stereocenters. The quantitative estimate of drug-likeness (QED) is 0.571. The van der Waals surface area contributed by atoms with Gasteiger partial charge in [-0.2, -0.15) is 0 Å².